The highest BCUT2D eigenvalue weighted by Gasteiger charge is 2.23. The zero-order valence-corrected chi connectivity index (χ0v) is 6.58. The van der Waals surface area contributed by atoms with Gasteiger partial charge in [-0.05, 0) is 6.42 Å². The van der Waals surface area contributed by atoms with Gasteiger partial charge in [0.25, 0.3) is 0 Å². The topological polar surface area (TPSA) is 49.6 Å². The van der Waals surface area contributed by atoms with Crippen LogP contribution >= 0.6 is 0 Å². The molecule has 4 nitrogen and oxygen atoms in total. The molecule has 0 aromatic carbocycles. The molecule has 0 aromatic rings. The Kier molecular flexibility index (Phi) is 3.16. The average molecular weight is 158 g/mol. The van der Waals surface area contributed by atoms with Crippen molar-refractivity contribution in [3.8, 4) is 0 Å². The molecule has 4 heteroatoms. The molecule has 1 amide bonds. The van der Waals surface area contributed by atoms with Gasteiger partial charge < -0.3 is 9.47 Å². The van der Waals surface area contributed by atoms with Crippen LogP contribution in [0.2, 0.25) is 0 Å². The lowest BCUT2D eigenvalue weighted by molar-refractivity contribution is 0.0463. The molecule has 0 bridgehead atoms. The lowest BCUT2D eigenvalue weighted by atomic mass is 10.4. The van der Waals surface area contributed by atoms with Crippen LogP contribution in [0.5, 0.6) is 0 Å². The van der Waals surface area contributed by atoms with E-state index in [1.165, 1.54) is 0 Å². The van der Waals surface area contributed by atoms with Gasteiger partial charge in [-0.25, -0.2) is 10.1 Å². The summed E-state index contributed by atoms with van der Waals surface area (Å²) in [5.74, 6) is 0. The molecule has 1 aliphatic rings. The zero-order valence-electron chi connectivity index (χ0n) is 6.58. The molecule has 11 heavy (non-hydrogen) atoms. The van der Waals surface area contributed by atoms with Gasteiger partial charge >= 0.3 is 6.09 Å². The highest BCUT2D eigenvalue weighted by atomic mass is 16.6. The van der Waals surface area contributed by atoms with Gasteiger partial charge in [-0.3, -0.25) is 0 Å². The number of ether oxygens (including phenoxy) is 2. The highest BCUT2D eigenvalue weighted by Crippen LogP contribution is 2.01. The lowest BCUT2D eigenvalue weighted by Gasteiger charge is -2.06. The van der Waals surface area contributed by atoms with E-state index < -0.39 is 6.09 Å². The van der Waals surface area contributed by atoms with E-state index in [9.17, 15) is 4.79 Å². The molecular formula is C7H12NO3. The first-order valence-corrected chi connectivity index (χ1v) is 3.78. The van der Waals surface area contributed by atoms with Crippen molar-refractivity contribution in [3.63, 3.8) is 0 Å². The van der Waals surface area contributed by atoms with Gasteiger partial charge in [0.05, 0.1) is 13.2 Å². The second-order valence-corrected chi connectivity index (χ2v) is 2.42. The smallest absolute Gasteiger partial charge is 0.429 e. The molecular weight excluding hydrogens is 146 g/mol. The van der Waals surface area contributed by atoms with E-state index in [0.717, 1.165) is 6.42 Å². The summed E-state index contributed by atoms with van der Waals surface area (Å²) < 4.78 is 9.96. The van der Waals surface area contributed by atoms with E-state index in [-0.39, 0.29) is 6.10 Å². The van der Waals surface area contributed by atoms with Crippen LogP contribution in [0.3, 0.4) is 0 Å². The van der Waals surface area contributed by atoms with Crippen LogP contribution in [-0.2, 0) is 9.47 Å². The molecule has 0 N–H and O–H groups in total. The second-order valence-electron chi connectivity index (χ2n) is 2.42. The van der Waals surface area contributed by atoms with Crippen molar-refractivity contribution in [2.75, 3.05) is 19.8 Å². The summed E-state index contributed by atoms with van der Waals surface area (Å²) in [5, 5.41) is 3.56. The van der Waals surface area contributed by atoms with E-state index in [4.69, 9.17) is 9.47 Å². The third kappa shape index (κ3) is 2.76. The molecule has 63 valence electrons. The number of rotatable bonds is 4. The van der Waals surface area contributed by atoms with E-state index >= 15 is 0 Å². The Balaban J connectivity index is 2.04. The molecule has 0 spiro atoms. The van der Waals surface area contributed by atoms with Gasteiger partial charge in [0, 0.05) is 6.61 Å². The SMILES string of the molecule is CCCOCC1C[N]C(=O)O1. The number of cyclic esters (lactones) is 1. The predicted octanol–water partition coefficient (Wildman–Crippen LogP) is 0.536. The molecule has 1 atom stereocenters. The summed E-state index contributed by atoms with van der Waals surface area (Å²) in [6.07, 6.45) is 0.377. The molecule has 1 unspecified atom stereocenters. The first-order chi connectivity index (χ1) is 5.33. The predicted molar refractivity (Wildman–Crippen MR) is 38.4 cm³/mol. The summed E-state index contributed by atoms with van der Waals surface area (Å²) in [5.41, 5.74) is 0. The van der Waals surface area contributed by atoms with E-state index in [1.54, 1.807) is 0 Å². The number of hydrogen-bond donors (Lipinski definition) is 0. The minimum absolute atomic E-state index is 0.144. The normalized spacial score (nSPS) is 23.0. The number of hydrogen-bond acceptors (Lipinski definition) is 3. The standard InChI is InChI=1S/C7H12NO3/c1-2-3-10-5-6-4-8-7(9)11-6/h6H,2-5H2,1H3. The van der Waals surface area contributed by atoms with E-state index in [1.807, 2.05) is 6.92 Å². The second kappa shape index (κ2) is 4.18. The maximum atomic E-state index is 10.4. The Morgan fingerprint density at radius 1 is 1.82 bits per heavy atom. The molecule has 0 aromatic heterocycles. The Hall–Kier alpha value is -0.770. The van der Waals surface area contributed by atoms with Gasteiger partial charge in [-0.1, -0.05) is 6.92 Å². The minimum Gasteiger partial charge on any atom is -0.440 e. The fourth-order valence-electron chi connectivity index (χ4n) is 0.839. The van der Waals surface area contributed by atoms with Gasteiger partial charge in [0.2, 0.25) is 0 Å². The number of carbonyl (C=O) groups is 1. The van der Waals surface area contributed by atoms with Crippen LogP contribution in [0.1, 0.15) is 13.3 Å². The highest BCUT2D eigenvalue weighted by molar-refractivity contribution is 5.68. The Morgan fingerprint density at radius 2 is 2.64 bits per heavy atom. The number of carbonyl (C=O) groups excluding carboxylic acids is 1. The third-order valence-corrected chi connectivity index (χ3v) is 1.34. The van der Waals surface area contributed by atoms with Crippen molar-refractivity contribution >= 4 is 6.09 Å². The van der Waals surface area contributed by atoms with Crippen molar-refractivity contribution in [2.45, 2.75) is 19.4 Å². The summed E-state index contributed by atoms with van der Waals surface area (Å²) in [7, 11) is 0. The monoisotopic (exact) mass is 158 g/mol. The Bertz CT molecular complexity index is 138. The molecule has 0 saturated carbocycles. The Morgan fingerprint density at radius 3 is 3.18 bits per heavy atom. The molecule has 1 radical (unpaired) electrons. The van der Waals surface area contributed by atoms with Crippen LogP contribution in [-0.4, -0.2) is 32.0 Å². The minimum atomic E-state index is -0.463. The van der Waals surface area contributed by atoms with Crippen LogP contribution in [0.15, 0.2) is 0 Å². The summed E-state index contributed by atoms with van der Waals surface area (Å²) in [6, 6.07) is 0. The molecule has 1 fully saturated rings. The number of amides is 1. The van der Waals surface area contributed by atoms with Crippen molar-refractivity contribution in [3.05, 3.63) is 0 Å². The van der Waals surface area contributed by atoms with Crippen LogP contribution < -0.4 is 5.32 Å². The zero-order chi connectivity index (χ0) is 8.10. The van der Waals surface area contributed by atoms with Crippen LogP contribution in [0, 0.1) is 0 Å². The maximum Gasteiger partial charge on any atom is 0.429 e. The molecule has 0 aliphatic carbocycles. The van der Waals surface area contributed by atoms with Crippen molar-refractivity contribution < 1.29 is 14.3 Å². The fraction of sp³-hybridized carbons (Fsp3) is 0.857. The van der Waals surface area contributed by atoms with Crippen molar-refractivity contribution in [1.82, 2.24) is 5.32 Å². The number of nitrogens with zero attached hydrogens (tertiary/aromatic N) is 1. The summed E-state index contributed by atoms with van der Waals surface area (Å²) in [6.45, 7) is 3.67. The molecule has 1 aliphatic heterocycles. The van der Waals surface area contributed by atoms with Crippen LogP contribution in [0.4, 0.5) is 4.79 Å². The van der Waals surface area contributed by atoms with Crippen LogP contribution in [0.25, 0.3) is 0 Å². The van der Waals surface area contributed by atoms with Crippen molar-refractivity contribution in [1.29, 1.82) is 0 Å². The molecule has 1 rings (SSSR count). The Labute approximate surface area is 65.9 Å². The molecule has 1 heterocycles. The first-order valence-electron chi connectivity index (χ1n) is 3.78. The van der Waals surface area contributed by atoms with E-state index in [0.29, 0.717) is 19.8 Å². The summed E-state index contributed by atoms with van der Waals surface area (Å²) in [4.78, 5) is 10.4. The molecule has 1 saturated heterocycles. The maximum absolute atomic E-state index is 10.4. The van der Waals surface area contributed by atoms with Gasteiger partial charge in [-0.15, -0.1) is 0 Å². The van der Waals surface area contributed by atoms with Gasteiger partial charge in [-0.2, -0.15) is 0 Å². The average Bonchev–Trinajstić information content (AvgIpc) is 2.37. The largest absolute Gasteiger partial charge is 0.440 e. The first kappa shape index (κ1) is 8.33. The van der Waals surface area contributed by atoms with Crippen molar-refractivity contribution in [2.24, 2.45) is 0 Å². The van der Waals surface area contributed by atoms with Gasteiger partial charge in [0.1, 0.15) is 6.10 Å². The quantitative estimate of drug-likeness (QED) is 0.561. The van der Waals surface area contributed by atoms with Gasteiger partial charge in [0.15, 0.2) is 0 Å². The lowest BCUT2D eigenvalue weighted by Crippen LogP contribution is -2.18. The third-order valence-electron chi connectivity index (χ3n) is 1.34. The summed E-state index contributed by atoms with van der Waals surface area (Å²) >= 11 is 0. The van der Waals surface area contributed by atoms with E-state index in [2.05, 4.69) is 5.32 Å². The fourth-order valence-corrected chi connectivity index (χ4v) is 0.839.